The molecule has 0 aliphatic carbocycles. The van der Waals surface area contributed by atoms with Gasteiger partial charge in [-0.3, -0.25) is 10.1 Å². The molecule has 1 atom stereocenters. The van der Waals surface area contributed by atoms with E-state index in [1.54, 1.807) is 24.1 Å². The lowest BCUT2D eigenvalue weighted by Crippen LogP contribution is -2.41. The molecule has 0 spiro atoms. The molecule has 7 heteroatoms. The zero-order valence-electron chi connectivity index (χ0n) is 11.9. The van der Waals surface area contributed by atoms with Crippen molar-refractivity contribution in [1.82, 2.24) is 5.06 Å². The number of nitro benzene ring substituents is 1. The largest absolute Gasteiger partial charge is 0.432 e. The molecule has 1 saturated heterocycles. The third-order valence-electron chi connectivity index (χ3n) is 2.59. The number of benzene rings is 1. The Morgan fingerprint density at radius 2 is 1.90 bits per heavy atom. The summed E-state index contributed by atoms with van der Waals surface area (Å²) in [7, 11) is 0. The molecule has 0 saturated carbocycles. The van der Waals surface area contributed by atoms with E-state index in [-0.39, 0.29) is 11.2 Å². The first-order chi connectivity index (χ1) is 9.27. The fourth-order valence-corrected chi connectivity index (χ4v) is 1.69. The third kappa shape index (κ3) is 3.05. The fourth-order valence-electron chi connectivity index (χ4n) is 1.69. The molecule has 0 radical (unpaired) electrons. The highest BCUT2D eigenvalue weighted by molar-refractivity contribution is 5.78. The summed E-state index contributed by atoms with van der Waals surface area (Å²) in [6, 6.07) is 6.29. The van der Waals surface area contributed by atoms with Crippen LogP contribution in [0.25, 0.3) is 0 Å². The van der Waals surface area contributed by atoms with Crippen LogP contribution < -0.4 is 0 Å². The first-order valence-corrected chi connectivity index (χ1v) is 6.24. The smallest absolute Gasteiger partial charge is 0.320 e. The van der Waals surface area contributed by atoms with E-state index < -0.39 is 11.2 Å². The molecule has 2 rings (SSSR count). The second-order valence-corrected chi connectivity index (χ2v) is 5.42. The normalized spacial score (nSPS) is 21.1. The lowest BCUT2D eigenvalue weighted by molar-refractivity contribution is -0.384. The monoisotopic (exact) mass is 279 g/mol. The molecular formula is C13H17N3O4. The summed E-state index contributed by atoms with van der Waals surface area (Å²) in [4.78, 5) is 20.0. The number of nitro groups is 1. The summed E-state index contributed by atoms with van der Waals surface area (Å²) in [5.41, 5.74) is 0.292. The van der Waals surface area contributed by atoms with Gasteiger partial charge in [-0.15, -0.1) is 0 Å². The number of amidine groups is 1. The predicted molar refractivity (Wildman–Crippen MR) is 73.4 cm³/mol. The number of aliphatic imine (C=N–C) groups is 1. The Kier molecular flexibility index (Phi) is 3.63. The van der Waals surface area contributed by atoms with E-state index in [0.717, 1.165) is 0 Å². The number of hydroxylamine groups is 2. The third-order valence-corrected chi connectivity index (χ3v) is 2.59. The van der Waals surface area contributed by atoms with Crippen LogP contribution in [-0.2, 0) is 9.57 Å². The first kappa shape index (κ1) is 14.3. The van der Waals surface area contributed by atoms with Crippen molar-refractivity contribution in [3.63, 3.8) is 0 Å². The van der Waals surface area contributed by atoms with Crippen molar-refractivity contribution in [2.45, 2.75) is 39.5 Å². The van der Waals surface area contributed by atoms with Crippen molar-refractivity contribution >= 4 is 17.4 Å². The quantitative estimate of drug-likeness (QED) is 0.614. The van der Waals surface area contributed by atoms with Gasteiger partial charge in [0.25, 0.3) is 5.69 Å². The van der Waals surface area contributed by atoms with Crippen molar-refractivity contribution in [1.29, 1.82) is 0 Å². The van der Waals surface area contributed by atoms with Gasteiger partial charge in [-0.25, -0.2) is 4.84 Å². The van der Waals surface area contributed by atoms with E-state index >= 15 is 0 Å². The highest BCUT2D eigenvalue weighted by Crippen LogP contribution is 2.26. The minimum atomic E-state index is -0.449. The molecule has 1 aromatic rings. The highest BCUT2D eigenvalue weighted by atomic mass is 16.9. The molecule has 0 bridgehead atoms. The lowest BCUT2D eigenvalue weighted by Gasteiger charge is -2.28. The Hall–Kier alpha value is -2.15. The van der Waals surface area contributed by atoms with E-state index in [9.17, 15) is 10.1 Å². The van der Waals surface area contributed by atoms with Crippen molar-refractivity contribution in [2.24, 2.45) is 4.99 Å². The zero-order valence-corrected chi connectivity index (χ0v) is 11.9. The Balaban J connectivity index is 2.26. The number of hydrogen-bond acceptors (Lipinski definition) is 5. The molecule has 1 aromatic carbocycles. The van der Waals surface area contributed by atoms with E-state index in [0.29, 0.717) is 11.7 Å². The Bertz CT molecular complexity index is 534. The minimum absolute atomic E-state index is 0.0265. The van der Waals surface area contributed by atoms with Gasteiger partial charge < -0.3 is 4.74 Å². The van der Waals surface area contributed by atoms with E-state index in [2.05, 4.69) is 4.99 Å². The standard InChI is InChI=1S/C13H17N3O4/c1-9-19-12(15(20-9)13(2,3)4)14-10-5-7-11(8-6-10)16(17)18/h5-9H,1-4H3. The van der Waals surface area contributed by atoms with Crippen molar-refractivity contribution in [3.8, 4) is 0 Å². The van der Waals surface area contributed by atoms with Crippen molar-refractivity contribution in [3.05, 3.63) is 34.4 Å². The number of rotatable bonds is 2. The molecule has 108 valence electrons. The van der Waals surface area contributed by atoms with Gasteiger partial charge in [0.05, 0.1) is 16.1 Å². The molecule has 0 amide bonds. The maximum Gasteiger partial charge on any atom is 0.320 e. The average molecular weight is 279 g/mol. The topological polar surface area (TPSA) is 77.2 Å². The van der Waals surface area contributed by atoms with Gasteiger partial charge in [-0.1, -0.05) is 0 Å². The number of non-ortho nitro benzene ring substituents is 1. The van der Waals surface area contributed by atoms with Crippen LogP contribution in [-0.4, -0.2) is 27.8 Å². The van der Waals surface area contributed by atoms with E-state index in [1.165, 1.54) is 12.1 Å². The lowest BCUT2D eigenvalue weighted by atomic mass is 10.1. The molecule has 20 heavy (non-hydrogen) atoms. The van der Waals surface area contributed by atoms with Crippen LogP contribution >= 0.6 is 0 Å². The molecule has 1 unspecified atom stereocenters. The van der Waals surface area contributed by atoms with Gasteiger partial charge in [-0.05, 0) is 32.9 Å². The van der Waals surface area contributed by atoms with Crippen LogP contribution in [0.4, 0.5) is 11.4 Å². The zero-order chi connectivity index (χ0) is 14.9. The maximum absolute atomic E-state index is 10.6. The summed E-state index contributed by atoms with van der Waals surface area (Å²) in [5, 5.41) is 12.2. The van der Waals surface area contributed by atoms with Crippen LogP contribution in [0.3, 0.4) is 0 Å². The summed E-state index contributed by atoms with van der Waals surface area (Å²) in [6.45, 7) is 7.69. The number of ether oxygens (including phenoxy) is 1. The van der Waals surface area contributed by atoms with Crippen LogP contribution in [0.1, 0.15) is 27.7 Å². The van der Waals surface area contributed by atoms with Gasteiger partial charge >= 0.3 is 6.02 Å². The van der Waals surface area contributed by atoms with Crippen molar-refractivity contribution < 1.29 is 14.5 Å². The highest BCUT2D eigenvalue weighted by Gasteiger charge is 2.36. The summed E-state index contributed by atoms with van der Waals surface area (Å²) in [5.74, 6) is 0. The molecule has 1 aliphatic rings. The number of nitrogens with zero attached hydrogens (tertiary/aromatic N) is 3. The first-order valence-electron chi connectivity index (χ1n) is 6.24. The maximum atomic E-state index is 10.6. The minimum Gasteiger partial charge on any atom is -0.432 e. The molecule has 1 heterocycles. The van der Waals surface area contributed by atoms with Crippen molar-refractivity contribution in [2.75, 3.05) is 0 Å². The SMILES string of the molecule is CC1OC(=Nc2ccc([N+](=O)[O-])cc2)N(C(C)(C)C)O1. The number of hydrogen-bond donors (Lipinski definition) is 0. The molecule has 1 fully saturated rings. The van der Waals surface area contributed by atoms with E-state index in [1.807, 2.05) is 20.8 Å². The summed E-state index contributed by atoms with van der Waals surface area (Å²) >= 11 is 0. The van der Waals surface area contributed by atoms with Gasteiger partial charge in [0.15, 0.2) is 0 Å². The average Bonchev–Trinajstić information content (AvgIpc) is 2.71. The van der Waals surface area contributed by atoms with Crippen LogP contribution in [0, 0.1) is 10.1 Å². The second-order valence-electron chi connectivity index (χ2n) is 5.42. The molecule has 0 aromatic heterocycles. The van der Waals surface area contributed by atoms with Crippen LogP contribution in [0.2, 0.25) is 0 Å². The van der Waals surface area contributed by atoms with Crippen LogP contribution in [0.15, 0.2) is 29.3 Å². The van der Waals surface area contributed by atoms with Gasteiger partial charge in [0, 0.05) is 19.1 Å². The van der Waals surface area contributed by atoms with Gasteiger partial charge in [0.2, 0.25) is 6.29 Å². The molecular weight excluding hydrogens is 262 g/mol. The van der Waals surface area contributed by atoms with Gasteiger partial charge in [0.1, 0.15) is 0 Å². The van der Waals surface area contributed by atoms with Crippen LogP contribution in [0.5, 0.6) is 0 Å². The summed E-state index contributed by atoms with van der Waals surface area (Å²) in [6.07, 6.45) is -0.411. The summed E-state index contributed by atoms with van der Waals surface area (Å²) < 4.78 is 5.50. The second kappa shape index (κ2) is 5.09. The Morgan fingerprint density at radius 3 is 2.40 bits per heavy atom. The fraction of sp³-hybridized carbons (Fsp3) is 0.462. The molecule has 7 nitrogen and oxygen atoms in total. The predicted octanol–water partition coefficient (Wildman–Crippen LogP) is 2.99. The Morgan fingerprint density at radius 1 is 1.30 bits per heavy atom. The van der Waals surface area contributed by atoms with Gasteiger partial charge in [-0.2, -0.15) is 10.1 Å². The molecule has 0 N–H and O–H groups in total. The Labute approximate surface area is 116 Å². The van der Waals surface area contributed by atoms with E-state index in [4.69, 9.17) is 9.57 Å². The molecule has 1 aliphatic heterocycles.